The molecule has 1 amide bonds. The Bertz CT molecular complexity index is 1090. The predicted octanol–water partition coefficient (Wildman–Crippen LogP) is 3.81. The Morgan fingerprint density at radius 1 is 0.938 bits per heavy atom. The van der Waals surface area contributed by atoms with Gasteiger partial charge in [0.15, 0.2) is 28.8 Å². The summed E-state index contributed by atoms with van der Waals surface area (Å²) in [6.45, 7) is 2.24. The Hall–Kier alpha value is -3.48. The maximum Gasteiger partial charge on any atom is 0.225 e. The number of ether oxygens (including phenoxy) is 3. The highest BCUT2D eigenvalue weighted by Crippen LogP contribution is 2.44. The number of methoxy groups -OCH3 is 2. The van der Waals surface area contributed by atoms with Gasteiger partial charge in [0.25, 0.3) is 0 Å². The number of allylic oxidation sites excluding steroid dienone is 2. The number of aromatic hydroxyl groups is 1. The largest absolute Gasteiger partial charge is 0.504 e. The third-order valence-corrected chi connectivity index (χ3v) is 6.10. The van der Waals surface area contributed by atoms with Crippen molar-refractivity contribution in [3.8, 4) is 23.0 Å². The van der Waals surface area contributed by atoms with Gasteiger partial charge >= 0.3 is 0 Å². The van der Waals surface area contributed by atoms with E-state index >= 15 is 0 Å². The molecule has 2 aromatic carbocycles. The second kappa shape index (κ2) is 8.94. The number of ketones is 1. The van der Waals surface area contributed by atoms with Crippen LogP contribution in [0.3, 0.4) is 0 Å². The molecule has 1 aliphatic heterocycles. The highest BCUT2D eigenvalue weighted by atomic mass is 16.5. The average Bonchev–Trinajstić information content (AvgIpc) is 2.79. The van der Waals surface area contributed by atoms with Crippen LogP contribution in [0.5, 0.6) is 23.0 Å². The van der Waals surface area contributed by atoms with E-state index in [1.54, 1.807) is 32.4 Å². The molecule has 0 saturated heterocycles. The zero-order chi connectivity index (χ0) is 22.8. The van der Waals surface area contributed by atoms with Crippen LogP contribution >= 0.6 is 0 Å². The molecule has 0 spiro atoms. The smallest absolute Gasteiger partial charge is 0.225 e. The first kappa shape index (κ1) is 21.7. The summed E-state index contributed by atoms with van der Waals surface area (Å²) in [4.78, 5) is 25.9. The fourth-order valence-electron chi connectivity index (χ4n) is 4.61. The summed E-state index contributed by atoms with van der Waals surface area (Å²) in [5.41, 5.74) is 3.07. The van der Waals surface area contributed by atoms with Crippen molar-refractivity contribution < 1.29 is 28.9 Å². The van der Waals surface area contributed by atoms with E-state index in [0.717, 1.165) is 11.1 Å². The van der Waals surface area contributed by atoms with E-state index in [0.29, 0.717) is 48.0 Å². The predicted molar refractivity (Wildman–Crippen MR) is 118 cm³/mol. The molecule has 32 heavy (non-hydrogen) atoms. The minimum Gasteiger partial charge on any atom is -0.504 e. The molecule has 0 saturated carbocycles. The molecule has 0 fully saturated rings. The summed E-state index contributed by atoms with van der Waals surface area (Å²) in [7, 11) is 3.16. The average molecular weight is 437 g/mol. The Morgan fingerprint density at radius 2 is 1.66 bits per heavy atom. The lowest BCUT2D eigenvalue weighted by molar-refractivity contribution is -0.122. The van der Waals surface area contributed by atoms with Crippen molar-refractivity contribution in [2.24, 2.45) is 0 Å². The highest BCUT2D eigenvalue weighted by molar-refractivity contribution is 6.02. The number of nitrogens with one attached hydrogen (secondary N) is 1. The number of phenolic OH excluding ortho intramolecular Hbond substituents is 1. The highest BCUT2D eigenvalue weighted by Gasteiger charge is 2.38. The first-order valence-electron chi connectivity index (χ1n) is 10.7. The van der Waals surface area contributed by atoms with Gasteiger partial charge in [-0.05, 0) is 54.7 Å². The van der Waals surface area contributed by atoms with Crippen LogP contribution in [0.4, 0.5) is 0 Å². The lowest BCUT2D eigenvalue weighted by Gasteiger charge is -2.34. The molecular weight excluding hydrogens is 410 g/mol. The zero-order valence-corrected chi connectivity index (χ0v) is 18.4. The van der Waals surface area contributed by atoms with Crippen LogP contribution in [0.2, 0.25) is 0 Å². The van der Waals surface area contributed by atoms with E-state index in [2.05, 4.69) is 5.32 Å². The molecule has 0 bridgehead atoms. The summed E-state index contributed by atoms with van der Waals surface area (Å²) in [6, 6.07) is 10.7. The number of hydrogen-bond donors (Lipinski definition) is 2. The maximum absolute atomic E-state index is 13.3. The van der Waals surface area contributed by atoms with Gasteiger partial charge in [0.1, 0.15) is 0 Å². The number of hydrogen-bond acceptors (Lipinski definition) is 6. The lowest BCUT2D eigenvalue weighted by atomic mass is 9.73. The van der Waals surface area contributed by atoms with E-state index in [-0.39, 0.29) is 35.7 Å². The van der Waals surface area contributed by atoms with Gasteiger partial charge in [0.2, 0.25) is 5.91 Å². The van der Waals surface area contributed by atoms with Gasteiger partial charge in [-0.25, -0.2) is 0 Å². The summed E-state index contributed by atoms with van der Waals surface area (Å²) < 4.78 is 16.2. The summed E-state index contributed by atoms with van der Waals surface area (Å²) >= 11 is 0. The fraction of sp³-hybridized carbons (Fsp3) is 0.360. The van der Waals surface area contributed by atoms with Crippen LogP contribution in [-0.4, -0.2) is 37.6 Å². The molecule has 2 N–H and O–H groups in total. The summed E-state index contributed by atoms with van der Waals surface area (Å²) in [5.74, 6) is 1.08. The van der Waals surface area contributed by atoms with Crippen LogP contribution in [0.25, 0.3) is 0 Å². The maximum atomic E-state index is 13.3. The number of amides is 1. The molecule has 168 valence electrons. The Morgan fingerprint density at radius 3 is 2.38 bits per heavy atom. The van der Waals surface area contributed by atoms with Gasteiger partial charge in [-0.3, -0.25) is 9.59 Å². The van der Waals surface area contributed by atoms with E-state index in [9.17, 15) is 14.7 Å². The van der Waals surface area contributed by atoms with Crippen molar-refractivity contribution in [1.29, 1.82) is 0 Å². The SMILES string of the molecule is CCOc1cc([C@H]2CC(=O)NC3=C2C(=O)C[C@@H](c2ccc(OC)c(OC)c2)C3)ccc1O. The normalized spacial score (nSPS) is 20.5. The van der Waals surface area contributed by atoms with Crippen molar-refractivity contribution in [1.82, 2.24) is 5.32 Å². The number of phenols is 1. The molecule has 2 aliphatic rings. The molecule has 0 aromatic heterocycles. The van der Waals surface area contributed by atoms with Crippen molar-refractivity contribution in [2.75, 3.05) is 20.8 Å². The lowest BCUT2D eigenvalue weighted by Crippen LogP contribution is -2.38. The molecule has 7 heteroatoms. The monoisotopic (exact) mass is 437 g/mol. The van der Waals surface area contributed by atoms with Crippen LogP contribution < -0.4 is 19.5 Å². The van der Waals surface area contributed by atoms with E-state index in [1.807, 2.05) is 25.1 Å². The van der Waals surface area contributed by atoms with Crippen molar-refractivity contribution in [3.05, 3.63) is 58.8 Å². The topological polar surface area (TPSA) is 94.1 Å². The van der Waals surface area contributed by atoms with Gasteiger partial charge in [0.05, 0.1) is 20.8 Å². The Kier molecular flexibility index (Phi) is 6.08. The molecule has 2 atom stereocenters. The van der Waals surface area contributed by atoms with E-state index in [4.69, 9.17) is 14.2 Å². The van der Waals surface area contributed by atoms with E-state index < -0.39 is 0 Å². The molecule has 1 heterocycles. The molecule has 7 nitrogen and oxygen atoms in total. The van der Waals surface area contributed by atoms with Crippen LogP contribution in [0, 0.1) is 0 Å². The van der Waals surface area contributed by atoms with Gasteiger partial charge in [-0.1, -0.05) is 12.1 Å². The standard InChI is InChI=1S/C25H27NO6/c1-4-32-22-12-15(5-7-19(22)27)17-13-24(29)26-18-9-16(10-20(28)25(17)18)14-6-8-21(30-2)23(11-14)31-3/h5-8,11-12,16-17,27H,4,9-10,13H2,1-3H3,(H,26,29)/t16-,17+/m0/s1. The molecule has 0 unspecified atom stereocenters. The molecule has 1 aliphatic carbocycles. The third kappa shape index (κ3) is 4.02. The fourth-order valence-corrected chi connectivity index (χ4v) is 4.61. The third-order valence-electron chi connectivity index (χ3n) is 6.10. The van der Waals surface area contributed by atoms with Crippen molar-refractivity contribution >= 4 is 11.7 Å². The first-order valence-corrected chi connectivity index (χ1v) is 10.7. The molecule has 4 rings (SSSR count). The first-order chi connectivity index (χ1) is 15.4. The van der Waals surface area contributed by atoms with Crippen LogP contribution in [0.1, 0.15) is 49.1 Å². The number of Topliss-reactive ketones (excluding diaryl/α,β-unsaturated/α-hetero) is 1. The minimum absolute atomic E-state index is 0.0158. The molecule has 2 aromatic rings. The molecular formula is C25H27NO6. The Labute approximate surface area is 187 Å². The van der Waals surface area contributed by atoms with Crippen LogP contribution in [0.15, 0.2) is 47.7 Å². The van der Waals surface area contributed by atoms with Crippen molar-refractivity contribution in [2.45, 2.75) is 38.0 Å². The minimum atomic E-state index is -0.364. The molecule has 0 radical (unpaired) electrons. The zero-order valence-electron chi connectivity index (χ0n) is 18.4. The second-order valence-electron chi connectivity index (χ2n) is 8.00. The van der Waals surface area contributed by atoms with Crippen LogP contribution in [-0.2, 0) is 9.59 Å². The van der Waals surface area contributed by atoms with Gasteiger partial charge in [-0.2, -0.15) is 0 Å². The summed E-state index contributed by atoms with van der Waals surface area (Å²) in [6.07, 6.45) is 1.08. The number of carbonyl (C=O) groups excluding carboxylic acids is 2. The number of carbonyl (C=O) groups is 2. The number of benzene rings is 2. The van der Waals surface area contributed by atoms with E-state index in [1.165, 1.54) is 0 Å². The quantitative estimate of drug-likeness (QED) is 0.714. The van der Waals surface area contributed by atoms with Crippen molar-refractivity contribution in [3.63, 3.8) is 0 Å². The van der Waals surface area contributed by atoms with Gasteiger partial charge < -0.3 is 24.6 Å². The number of rotatable bonds is 6. The van der Waals surface area contributed by atoms with Gasteiger partial charge in [-0.15, -0.1) is 0 Å². The van der Waals surface area contributed by atoms with Gasteiger partial charge in [0, 0.05) is 30.0 Å². The Balaban J connectivity index is 1.69. The second-order valence-corrected chi connectivity index (χ2v) is 8.00. The summed E-state index contributed by atoms with van der Waals surface area (Å²) in [5, 5.41) is 13.0.